The van der Waals surface area contributed by atoms with E-state index in [2.05, 4.69) is 4.98 Å². The van der Waals surface area contributed by atoms with Gasteiger partial charge in [-0.3, -0.25) is 4.79 Å². The zero-order valence-corrected chi connectivity index (χ0v) is 10.3. The van der Waals surface area contributed by atoms with Gasteiger partial charge in [0.2, 0.25) is 0 Å². The number of hydrogen-bond acceptors (Lipinski definition) is 3. The van der Waals surface area contributed by atoms with E-state index in [1.807, 2.05) is 24.3 Å². The molecule has 0 saturated heterocycles. The van der Waals surface area contributed by atoms with Gasteiger partial charge in [-0.1, -0.05) is 23.7 Å². The Bertz CT molecular complexity index is 504. The van der Waals surface area contributed by atoms with Gasteiger partial charge in [0.25, 0.3) is 0 Å². The molecule has 0 atom stereocenters. The van der Waals surface area contributed by atoms with E-state index in [0.717, 1.165) is 15.4 Å². The van der Waals surface area contributed by atoms with Crippen LogP contribution in [0.15, 0.2) is 30.5 Å². The van der Waals surface area contributed by atoms with Crippen molar-refractivity contribution in [1.82, 2.24) is 4.98 Å². The number of halogens is 1. The van der Waals surface area contributed by atoms with E-state index in [1.54, 1.807) is 24.5 Å². The summed E-state index contributed by atoms with van der Waals surface area (Å²) in [5.74, 6) is 0.159. The Kier molecular flexibility index (Phi) is 3.36. The van der Waals surface area contributed by atoms with Gasteiger partial charge < -0.3 is 0 Å². The summed E-state index contributed by atoms with van der Waals surface area (Å²) in [4.78, 5) is 16.3. The van der Waals surface area contributed by atoms with Gasteiger partial charge in [0.1, 0.15) is 10.8 Å². The lowest BCUT2D eigenvalue weighted by Gasteiger charge is -1.95. The molecule has 2 rings (SSSR count). The fourth-order valence-corrected chi connectivity index (χ4v) is 2.48. The van der Waals surface area contributed by atoms with Crippen molar-refractivity contribution < 1.29 is 4.79 Å². The molecule has 0 N–H and O–H groups in total. The third kappa shape index (κ3) is 2.68. The summed E-state index contributed by atoms with van der Waals surface area (Å²) in [6.45, 7) is 1.59. The molecule has 0 unspecified atom stereocenters. The summed E-state index contributed by atoms with van der Waals surface area (Å²) in [5.41, 5.74) is 1.03. The highest BCUT2D eigenvalue weighted by molar-refractivity contribution is 7.15. The van der Waals surface area contributed by atoms with Gasteiger partial charge in [-0.2, -0.15) is 0 Å². The minimum atomic E-state index is 0.159. The topological polar surface area (TPSA) is 30.0 Å². The molecule has 0 radical (unpaired) electrons. The molecule has 1 aromatic heterocycles. The van der Waals surface area contributed by atoms with Crippen molar-refractivity contribution in [3.63, 3.8) is 0 Å². The molecule has 0 spiro atoms. The van der Waals surface area contributed by atoms with Crippen molar-refractivity contribution in [3.8, 4) is 10.6 Å². The summed E-state index contributed by atoms with van der Waals surface area (Å²) in [6, 6.07) is 7.53. The molecule has 0 bridgehead atoms. The maximum atomic E-state index is 11.0. The SMILES string of the molecule is CC(=O)Cc1cnc(-c2ccc(Cl)cc2)s1. The fraction of sp³-hybridized carbons (Fsp3) is 0.167. The van der Waals surface area contributed by atoms with E-state index in [4.69, 9.17) is 11.6 Å². The smallest absolute Gasteiger partial charge is 0.135 e. The van der Waals surface area contributed by atoms with Crippen LogP contribution in [-0.4, -0.2) is 10.8 Å². The van der Waals surface area contributed by atoms with E-state index in [9.17, 15) is 4.79 Å². The molecule has 4 heteroatoms. The maximum absolute atomic E-state index is 11.0. The van der Waals surface area contributed by atoms with Crippen LogP contribution in [0.25, 0.3) is 10.6 Å². The van der Waals surface area contributed by atoms with E-state index < -0.39 is 0 Å². The number of aromatic nitrogens is 1. The molecule has 16 heavy (non-hydrogen) atoms. The van der Waals surface area contributed by atoms with Gasteiger partial charge in [-0.25, -0.2) is 4.98 Å². The molecule has 2 nitrogen and oxygen atoms in total. The monoisotopic (exact) mass is 251 g/mol. The van der Waals surface area contributed by atoms with Gasteiger partial charge in [0.15, 0.2) is 0 Å². The van der Waals surface area contributed by atoms with Gasteiger partial charge in [-0.15, -0.1) is 11.3 Å². The first kappa shape index (κ1) is 11.3. The number of hydrogen-bond donors (Lipinski definition) is 0. The third-order valence-corrected chi connectivity index (χ3v) is 3.37. The van der Waals surface area contributed by atoms with E-state index in [0.29, 0.717) is 11.4 Å². The predicted octanol–water partition coefficient (Wildman–Crippen LogP) is 3.60. The molecule has 0 saturated carbocycles. The molecule has 0 fully saturated rings. The third-order valence-electron chi connectivity index (χ3n) is 2.07. The van der Waals surface area contributed by atoms with Gasteiger partial charge >= 0.3 is 0 Å². The maximum Gasteiger partial charge on any atom is 0.135 e. The van der Waals surface area contributed by atoms with Crippen LogP contribution in [0, 0.1) is 0 Å². The van der Waals surface area contributed by atoms with Crippen molar-refractivity contribution in [2.24, 2.45) is 0 Å². The molecule has 0 aliphatic heterocycles. The van der Waals surface area contributed by atoms with E-state index >= 15 is 0 Å². The summed E-state index contributed by atoms with van der Waals surface area (Å²) < 4.78 is 0. The largest absolute Gasteiger partial charge is 0.300 e. The van der Waals surface area contributed by atoms with Crippen LogP contribution in [0.3, 0.4) is 0 Å². The molecule has 82 valence electrons. The Morgan fingerprint density at radius 1 is 1.38 bits per heavy atom. The lowest BCUT2D eigenvalue weighted by molar-refractivity contribution is -0.116. The van der Waals surface area contributed by atoms with E-state index in [-0.39, 0.29) is 5.78 Å². The van der Waals surface area contributed by atoms with Crippen molar-refractivity contribution in [2.45, 2.75) is 13.3 Å². The Morgan fingerprint density at radius 3 is 2.69 bits per heavy atom. The lowest BCUT2D eigenvalue weighted by atomic mass is 10.2. The molecular weight excluding hydrogens is 242 g/mol. The Morgan fingerprint density at radius 2 is 2.06 bits per heavy atom. The Hall–Kier alpha value is -1.19. The second kappa shape index (κ2) is 4.76. The summed E-state index contributed by atoms with van der Waals surface area (Å²) in [6.07, 6.45) is 2.22. The first-order valence-corrected chi connectivity index (χ1v) is 6.04. The average Bonchev–Trinajstić information content (AvgIpc) is 2.66. The second-order valence-corrected chi connectivity index (χ2v) is 5.07. The summed E-state index contributed by atoms with van der Waals surface area (Å²) >= 11 is 7.36. The molecule has 0 amide bonds. The van der Waals surface area contributed by atoms with Crippen LogP contribution in [0.2, 0.25) is 5.02 Å². The molecule has 1 aromatic carbocycles. The minimum Gasteiger partial charge on any atom is -0.300 e. The van der Waals surface area contributed by atoms with Gasteiger partial charge in [0.05, 0.1) is 0 Å². The zero-order chi connectivity index (χ0) is 11.5. The van der Waals surface area contributed by atoms with E-state index in [1.165, 1.54) is 0 Å². The standard InChI is InChI=1S/C12H10ClNOS/c1-8(15)6-11-7-14-12(16-11)9-2-4-10(13)5-3-9/h2-5,7H,6H2,1H3. The summed E-state index contributed by atoms with van der Waals surface area (Å²) in [5, 5.41) is 1.64. The Balaban J connectivity index is 2.24. The lowest BCUT2D eigenvalue weighted by Crippen LogP contribution is -1.92. The normalized spacial score (nSPS) is 10.4. The highest BCUT2D eigenvalue weighted by atomic mass is 35.5. The first-order chi connectivity index (χ1) is 7.65. The molecule has 1 heterocycles. The second-order valence-electron chi connectivity index (χ2n) is 3.52. The number of benzene rings is 1. The van der Waals surface area contributed by atoms with Crippen LogP contribution >= 0.6 is 22.9 Å². The number of nitrogens with zero attached hydrogens (tertiary/aromatic N) is 1. The average molecular weight is 252 g/mol. The number of Topliss-reactive ketones (excluding diaryl/α,β-unsaturated/α-hetero) is 1. The number of carbonyl (C=O) groups excluding carboxylic acids is 1. The Labute approximate surface area is 103 Å². The molecule has 0 aliphatic rings. The number of carbonyl (C=O) groups is 1. The number of thiazole rings is 1. The molecular formula is C12H10ClNOS. The number of rotatable bonds is 3. The van der Waals surface area contributed by atoms with Crippen molar-refractivity contribution in [2.75, 3.05) is 0 Å². The number of ketones is 1. The van der Waals surface area contributed by atoms with Crippen LogP contribution in [0.5, 0.6) is 0 Å². The van der Waals surface area contributed by atoms with Crippen LogP contribution in [0.1, 0.15) is 11.8 Å². The van der Waals surface area contributed by atoms with Crippen LogP contribution in [-0.2, 0) is 11.2 Å². The van der Waals surface area contributed by atoms with Crippen LogP contribution in [0.4, 0.5) is 0 Å². The van der Waals surface area contributed by atoms with Crippen LogP contribution < -0.4 is 0 Å². The van der Waals surface area contributed by atoms with Crippen molar-refractivity contribution >= 4 is 28.7 Å². The van der Waals surface area contributed by atoms with Crippen molar-refractivity contribution in [3.05, 3.63) is 40.4 Å². The quantitative estimate of drug-likeness (QED) is 0.834. The zero-order valence-electron chi connectivity index (χ0n) is 8.74. The minimum absolute atomic E-state index is 0.159. The molecule has 2 aromatic rings. The van der Waals surface area contributed by atoms with Gasteiger partial charge in [0, 0.05) is 28.1 Å². The predicted molar refractivity (Wildman–Crippen MR) is 66.9 cm³/mol. The molecule has 0 aliphatic carbocycles. The first-order valence-electron chi connectivity index (χ1n) is 4.85. The summed E-state index contributed by atoms with van der Waals surface area (Å²) in [7, 11) is 0. The highest BCUT2D eigenvalue weighted by Gasteiger charge is 2.06. The van der Waals surface area contributed by atoms with Crippen molar-refractivity contribution in [1.29, 1.82) is 0 Å². The van der Waals surface area contributed by atoms with Gasteiger partial charge in [-0.05, 0) is 19.1 Å². The fourth-order valence-electron chi connectivity index (χ4n) is 1.36. The highest BCUT2D eigenvalue weighted by Crippen LogP contribution is 2.26.